The number of benzene rings is 1. The van der Waals surface area contributed by atoms with Crippen LogP contribution < -0.4 is 15.4 Å². The second kappa shape index (κ2) is 7.10. The van der Waals surface area contributed by atoms with Crippen molar-refractivity contribution in [3.8, 4) is 5.75 Å². The highest BCUT2D eigenvalue weighted by Crippen LogP contribution is 2.40. The number of amides is 1. The smallest absolute Gasteiger partial charge is 0.255 e. The largest absolute Gasteiger partial charge is 0.492 e. The maximum atomic E-state index is 12.9. The third kappa shape index (κ3) is 3.76. The van der Waals surface area contributed by atoms with E-state index < -0.39 is 0 Å². The van der Waals surface area contributed by atoms with Gasteiger partial charge in [-0.1, -0.05) is 0 Å². The molecule has 1 aromatic carbocycles. The van der Waals surface area contributed by atoms with Gasteiger partial charge in [-0.25, -0.2) is 14.4 Å². The number of ether oxygens (including phenoxy) is 1. The van der Waals surface area contributed by atoms with Gasteiger partial charge in [0.1, 0.15) is 36.1 Å². The predicted octanol–water partition coefficient (Wildman–Crippen LogP) is 3.44. The molecule has 0 aliphatic heterocycles. The number of carbonyl (C=O) groups is 1. The average molecular weight is 384 g/mol. The lowest BCUT2D eigenvalue weighted by molar-refractivity contribution is 0.0947. The Morgan fingerprint density at radius 3 is 2.75 bits per heavy atom. The summed E-state index contributed by atoms with van der Waals surface area (Å²) >= 11 is 0. The minimum Gasteiger partial charge on any atom is -0.492 e. The van der Waals surface area contributed by atoms with E-state index in [1.165, 1.54) is 18.5 Å². The summed E-state index contributed by atoms with van der Waals surface area (Å²) in [5, 5.41) is 6.80. The molecule has 1 amide bonds. The first-order valence-corrected chi connectivity index (χ1v) is 9.14. The molecule has 0 unspecified atom stereocenters. The highest BCUT2D eigenvalue weighted by molar-refractivity contribution is 6.10. The Hall–Kier alpha value is -3.16. The van der Waals surface area contributed by atoms with E-state index in [1.54, 1.807) is 19.1 Å². The quantitative estimate of drug-likeness (QED) is 0.607. The fourth-order valence-electron chi connectivity index (χ4n) is 2.96. The van der Waals surface area contributed by atoms with Crippen LogP contribution in [-0.2, 0) is 0 Å². The first-order valence-electron chi connectivity index (χ1n) is 9.14. The standard InChI is InChI=1S/C20H21FN4O3/c1-12-15(18(26)22-9-10-27-14-5-3-13(21)4-6-14)16-17(25-20(2)7-8-20)23-11-24-19(16)28-12/h3-6,11H,7-10H2,1-2H3,(H,22,26)(H,23,24,25). The topological polar surface area (TPSA) is 89.3 Å². The molecule has 8 heteroatoms. The highest BCUT2D eigenvalue weighted by atomic mass is 19.1. The molecule has 3 aromatic rings. The summed E-state index contributed by atoms with van der Waals surface area (Å²) in [4.78, 5) is 21.2. The Kier molecular flexibility index (Phi) is 4.62. The molecule has 0 saturated heterocycles. The van der Waals surface area contributed by atoms with Crippen molar-refractivity contribution in [3.05, 3.63) is 47.7 Å². The van der Waals surface area contributed by atoms with Crippen molar-refractivity contribution in [1.82, 2.24) is 15.3 Å². The average Bonchev–Trinajstić information content (AvgIpc) is 3.28. The Morgan fingerprint density at radius 1 is 1.29 bits per heavy atom. The second-order valence-electron chi connectivity index (χ2n) is 7.18. The van der Waals surface area contributed by atoms with Crippen molar-refractivity contribution in [2.45, 2.75) is 32.2 Å². The number of hydrogen-bond acceptors (Lipinski definition) is 6. The lowest BCUT2D eigenvalue weighted by Crippen LogP contribution is -2.28. The number of nitrogens with zero attached hydrogens (tertiary/aromatic N) is 2. The number of halogens is 1. The van der Waals surface area contributed by atoms with Gasteiger partial charge in [0.15, 0.2) is 0 Å². The molecule has 0 spiro atoms. The van der Waals surface area contributed by atoms with Crippen LogP contribution in [-0.4, -0.2) is 34.6 Å². The van der Waals surface area contributed by atoms with Gasteiger partial charge < -0.3 is 19.8 Å². The predicted molar refractivity (Wildman–Crippen MR) is 102 cm³/mol. The number of rotatable bonds is 7. The highest BCUT2D eigenvalue weighted by Gasteiger charge is 2.38. The van der Waals surface area contributed by atoms with E-state index in [1.807, 2.05) is 0 Å². The summed E-state index contributed by atoms with van der Waals surface area (Å²) in [5.41, 5.74) is 0.805. The zero-order valence-electron chi connectivity index (χ0n) is 15.7. The Labute approximate surface area is 161 Å². The van der Waals surface area contributed by atoms with E-state index in [9.17, 15) is 9.18 Å². The Balaban J connectivity index is 1.46. The van der Waals surface area contributed by atoms with Crippen molar-refractivity contribution in [1.29, 1.82) is 0 Å². The third-order valence-electron chi connectivity index (χ3n) is 4.78. The van der Waals surface area contributed by atoms with Crippen LogP contribution in [0.1, 0.15) is 35.9 Å². The van der Waals surface area contributed by atoms with Crippen LogP contribution >= 0.6 is 0 Å². The molecule has 0 bridgehead atoms. The van der Waals surface area contributed by atoms with E-state index in [4.69, 9.17) is 9.15 Å². The molecule has 2 N–H and O–H groups in total. The molecule has 1 aliphatic rings. The van der Waals surface area contributed by atoms with E-state index >= 15 is 0 Å². The zero-order valence-corrected chi connectivity index (χ0v) is 15.7. The number of furan rings is 1. The number of aryl methyl sites for hydroxylation is 1. The van der Waals surface area contributed by atoms with Gasteiger partial charge in [-0.15, -0.1) is 0 Å². The number of hydrogen-bond donors (Lipinski definition) is 2. The number of anilines is 1. The molecule has 2 aromatic heterocycles. The van der Waals surface area contributed by atoms with Gasteiger partial charge in [0.05, 0.1) is 17.5 Å². The molecular weight excluding hydrogens is 363 g/mol. The molecule has 0 atom stereocenters. The molecule has 146 valence electrons. The Morgan fingerprint density at radius 2 is 2.04 bits per heavy atom. The van der Waals surface area contributed by atoms with Crippen LogP contribution in [0.25, 0.3) is 11.1 Å². The molecule has 28 heavy (non-hydrogen) atoms. The van der Waals surface area contributed by atoms with Crippen LogP contribution in [0, 0.1) is 12.7 Å². The lowest BCUT2D eigenvalue weighted by atomic mass is 10.1. The van der Waals surface area contributed by atoms with Gasteiger partial charge in [-0.2, -0.15) is 0 Å². The normalized spacial score (nSPS) is 14.7. The van der Waals surface area contributed by atoms with Crippen molar-refractivity contribution in [2.75, 3.05) is 18.5 Å². The molecule has 7 nitrogen and oxygen atoms in total. The minimum atomic E-state index is -0.324. The van der Waals surface area contributed by atoms with Gasteiger partial charge in [-0.05, 0) is 51.0 Å². The summed E-state index contributed by atoms with van der Waals surface area (Å²) in [6, 6.07) is 5.73. The van der Waals surface area contributed by atoms with Crippen LogP contribution in [0.3, 0.4) is 0 Å². The number of aromatic nitrogens is 2. The molecule has 1 fully saturated rings. The Bertz CT molecular complexity index is 1010. The zero-order chi connectivity index (χ0) is 19.7. The van der Waals surface area contributed by atoms with Gasteiger partial charge in [-0.3, -0.25) is 4.79 Å². The van der Waals surface area contributed by atoms with E-state index in [0.717, 1.165) is 12.8 Å². The molecule has 1 aliphatic carbocycles. The van der Waals surface area contributed by atoms with Gasteiger partial charge >= 0.3 is 0 Å². The maximum absolute atomic E-state index is 12.9. The maximum Gasteiger partial charge on any atom is 0.255 e. The van der Waals surface area contributed by atoms with Crippen LogP contribution in [0.15, 0.2) is 35.0 Å². The molecule has 4 rings (SSSR count). The summed E-state index contributed by atoms with van der Waals surface area (Å²) in [7, 11) is 0. The number of carbonyl (C=O) groups excluding carboxylic acids is 1. The van der Waals surface area contributed by atoms with E-state index in [-0.39, 0.29) is 30.4 Å². The van der Waals surface area contributed by atoms with E-state index in [0.29, 0.717) is 34.0 Å². The van der Waals surface area contributed by atoms with Crippen molar-refractivity contribution < 1.29 is 18.3 Å². The minimum absolute atomic E-state index is 0.00318. The SMILES string of the molecule is Cc1oc2ncnc(NC3(C)CC3)c2c1C(=O)NCCOc1ccc(F)cc1. The first-order chi connectivity index (χ1) is 13.5. The van der Waals surface area contributed by atoms with Gasteiger partial charge in [0.2, 0.25) is 5.71 Å². The number of nitrogens with one attached hydrogen (secondary N) is 2. The van der Waals surface area contributed by atoms with Crippen LogP contribution in [0.4, 0.5) is 10.2 Å². The molecule has 1 saturated carbocycles. The molecular formula is C20H21FN4O3. The van der Waals surface area contributed by atoms with Crippen molar-refractivity contribution >= 4 is 22.8 Å². The molecule has 2 heterocycles. The summed E-state index contributed by atoms with van der Waals surface area (Å²) in [6.07, 6.45) is 3.53. The summed E-state index contributed by atoms with van der Waals surface area (Å²) in [6.45, 7) is 4.39. The van der Waals surface area contributed by atoms with Gasteiger partial charge in [0.25, 0.3) is 5.91 Å². The van der Waals surface area contributed by atoms with Crippen molar-refractivity contribution in [3.63, 3.8) is 0 Å². The van der Waals surface area contributed by atoms with Crippen LogP contribution in [0.2, 0.25) is 0 Å². The van der Waals surface area contributed by atoms with Crippen LogP contribution in [0.5, 0.6) is 5.75 Å². The van der Waals surface area contributed by atoms with Gasteiger partial charge in [0, 0.05) is 5.54 Å². The van der Waals surface area contributed by atoms with E-state index in [2.05, 4.69) is 27.5 Å². The second-order valence-corrected chi connectivity index (χ2v) is 7.18. The van der Waals surface area contributed by atoms with Crippen molar-refractivity contribution in [2.24, 2.45) is 0 Å². The fourth-order valence-corrected chi connectivity index (χ4v) is 2.96. The monoisotopic (exact) mass is 384 g/mol. The first kappa shape index (κ1) is 18.2. The summed E-state index contributed by atoms with van der Waals surface area (Å²) in [5.74, 6) is 1.02. The number of fused-ring (bicyclic) bond motifs is 1. The third-order valence-corrected chi connectivity index (χ3v) is 4.78. The molecule has 0 radical (unpaired) electrons. The lowest BCUT2D eigenvalue weighted by Gasteiger charge is -2.13. The summed E-state index contributed by atoms with van der Waals surface area (Å²) < 4.78 is 24.1. The fraction of sp³-hybridized carbons (Fsp3) is 0.350.